The van der Waals surface area contributed by atoms with Gasteiger partial charge in [0.05, 0.1) is 0 Å². The van der Waals surface area contributed by atoms with Gasteiger partial charge in [0.25, 0.3) is 0 Å². The first-order chi connectivity index (χ1) is 13.5. The molecule has 0 radical (unpaired) electrons. The van der Waals surface area contributed by atoms with Gasteiger partial charge in [-0.15, -0.1) is 0 Å². The molecule has 0 amide bonds. The van der Waals surface area contributed by atoms with Crippen molar-refractivity contribution in [1.29, 1.82) is 0 Å². The fraction of sp³-hybridized carbons (Fsp3) is 0.500. The Morgan fingerprint density at radius 2 is 1.55 bits per heavy atom. The zero-order valence-electron chi connectivity index (χ0n) is 15.5. The van der Waals surface area contributed by atoms with E-state index < -0.39 is 7.59 Å². The zero-order valence-corrected chi connectivity index (χ0v) is 20.0. The third kappa shape index (κ3) is 6.60. The predicted molar refractivity (Wildman–Crippen MR) is 122 cm³/mol. The maximum Gasteiger partial charge on any atom is 0.250 e. The highest BCUT2D eigenvalue weighted by Gasteiger charge is 2.29. The van der Waals surface area contributed by atoms with Gasteiger partial charge in [-0.1, -0.05) is 93.9 Å². The Hall–Kier alpha value is -0.270. The third-order valence-corrected chi connectivity index (χ3v) is 5.91. The van der Waals surface area contributed by atoms with E-state index in [1.54, 1.807) is 24.3 Å². The lowest BCUT2D eigenvalue weighted by molar-refractivity contribution is 0.226. The van der Waals surface area contributed by atoms with Crippen molar-refractivity contribution in [3.63, 3.8) is 0 Å². The van der Waals surface area contributed by atoms with Gasteiger partial charge < -0.3 is 10.2 Å². The second kappa shape index (κ2) is 9.47. The van der Waals surface area contributed by atoms with Gasteiger partial charge in [-0.05, 0) is 38.9 Å². The van der Waals surface area contributed by atoms with E-state index in [9.17, 15) is 0 Å². The second-order valence-electron chi connectivity index (χ2n) is 7.01. The molecule has 1 fully saturated rings. The first-order valence-corrected chi connectivity index (χ1v) is 11.2. The molecule has 1 N–H and O–H groups in total. The van der Waals surface area contributed by atoms with E-state index in [0.717, 1.165) is 32.5 Å². The number of rotatable bonds is 4. The average Bonchev–Trinajstić information content (AvgIpc) is 2.66. The summed E-state index contributed by atoms with van der Waals surface area (Å²) in [5.74, 6) is 1.30. The maximum atomic E-state index is 6.03. The number of halogens is 6. The number of alkyl halides is 6. The van der Waals surface area contributed by atoms with E-state index >= 15 is 0 Å². The fourth-order valence-electron chi connectivity index (χ4n) is 3.02. The summed E-state index contributed by atoms with van der Waals surface area (Å²) in [6.45, 7) is 2.89. The predicted octanol–water partition coefficient (Wildman–Crippen LogP) is 5.95. The third-order valence-electron chi connectivity index (χ3n) is 4.75. The molecular weight excluding hydrogens is 499 g/mol. The number of piperidine rings is 1. The van der Waals surface area contributed by atoms with Gasteiger partial charge in [-0.25, -0.2) is 4.98 Å². The Balaban J connectivity index is 1.84. The standard InChI is InChI=1S/C18H19Cl6N5/c1-29-8-6-11(7-9-29)10-25-16-27-14(26-15(28-16)18(22,23)24)12-2-4-13(5-3-12)17(19,20)21/h2-5,11H,6-10H2,1H3,(H,25,26,27,28). The molecule has 0 bridgehead atoms. The zero-order chi connectivity index (χ0) is 21.2. The van der Waals surface area contributed by atoms with Crippen LogP contribution in [0.5, 0.6) is 0 Å². The highest BCUT2D eigenvalue weighted by molar-refractivity contribution is 6.67. The smallest absolute Gasteiger partial charge is 0.250 e. The van der Waals surface area contributed by atoms with Crippen LogP contribution in [0.15, 0.2) is 24.3 Å². The molecule has 0 aliphatic carbocycles. The minimum absolute atomic E-state index is 0.0452. The lowest BCUT2D eigenvalue weighted by Crippen LogP contribution is -2.33. The Morgan fingerprint density at radius 1 is 0.931 bits per heavy atom. The van der Waals surface area contributed by atoms with Gasteiger partial charge >= 0.3 is 0 Å². The van der Waals surface area contributed by atoms with E-state index in [1.165, 1.54) is 0 Å². The average molecular weight is 518 g/mol. The maximum absolute atomic E-state index is 6.03. The number of nitrogens with one attached hydrogen (secondary N) is 1. The van der Waals surface area contributed by atoms with Crippen LogP contribution in [0.25, 0.3) is 11.4 Å². The molecule has 158 valence electrons. The minimum atomic E-state index is -1.78. The lowest BCUT2D eigenvalue weighted by atomic mass is 9.97. The number of hydrogen-bond donors (Lipinski definition) is 1. The van der Waals surface area contributed by atoms with E-state index in [2.05, 4.69) is 32.2 Å². The molecule has 1 aliphatic heterocycles. The molecule has 0 unspecified atom stereocenters. The summed E-state index contributed by atoms with van der Waals surface area (Å²) < 4.78 is -3.29. The van der Waals surface area contributed by atoms with Crippen LogP contribution in [0.3, 0.4) is 0 Å². The lowest BCUT2D eigenvalue weighted by Gasteiger charge is -2.29. The summed E-state index contributed by atoms with van der Waals surface area (Å²) in [6.07, 6.45) is 2.22. The van der Waals surface area contributed by atoms with Crippen molar-refractivity contribution in [3.05, 3.63) is 35.7 Å². The van der Waals surface area contributed by atoms with Crippen molar-refractivity contribution in [2.24, 2.45) is 5.92 Å². The molecule has 5 nitrogen and oxygen atoms in total. The molecule has 1 aromatic heterocycles. The molecular formula is C18H19Cl6N5. The number of likely N-dealkylation sites (tertiary alicyclic amines) is 1. The highest BCUT2D eigenvalue weighted by atomic mass is 35.6. The van der Waals surface area contributed by atoms with Crippen LogP contribution in [0, 0.1) is 5.92 Å². The van der Waals surface area contributed by atoms with Crippen molar-refractivity contribution in [2.75, 3.05) is 32.0 Å². The summed E-state index contributed by atoms with van der Waals surface area (Å²) in [4.78, 5) is 15.4. The van der Waals surface area contributed by atoms with Crippen molar-refractivity contribution >= 4 is 75.6 Å². The number of anilines is 1. The molecule has 0 saturated carbocycles. The normalized spacial score (nSPS) is 16.8. The summed E-state index contributed by atoms with van der Waals surface area (Å²) in [6, 6.07) is 6.87. The van der Waals surface area contributed by atoms with Crippen molar-refractivity contribution in [2.45, 2.75) is 20.4 Å². The van der Waals surface area contributed by atoms with Crippen LogP contribution < -0.4 is 5.32 Å². The van der Waals surface area contributed by atoms with Gasteiger partial charge in [-0.3, -0.25) is 0 Å². The van der Waals surface area contributed by atoms with Crippen LogP contribution in [0.4, 0.5) is 5.95 Å². The first kappa shape index (κ1) is 23.4. The van der Waals surface area contributed by atoms with Crippen molar-refractivity contribution in [3.8, 4) is 11.4 Å². The Morgan fingerprint density at radius 3 is 2.10 bits per heavy atom. The molecule has 0 atom stereocenters. The molecule has 11 heteroatoms. The molecule has 1 aromatic carbocycles. The summed E-state index contributed by atoms with van der Waals surface area (Å²) >= 11 is 35.8. The number of benzene rings is 1. The van der Waals surface area contributed by atoms with Crippen LogP contribution in [-0.4, -0.2) is 46.5 Å². The fourth-order valence-corrected chi connectivity index (χ4v) is 3.65. The molecule has 1 aliphatic rings. The van der Waals surface area contributed by atoms with Gasteiger partial charge in [0.15, 0.2) is 11.6 Å². The van der Waals surface area contributed by atoms with E-state index in [-0.39, 0.29) is 5.82 Å². The molecule has 2 heterocycles. The first-order valence-electron chi connectivity index (χ1n) is 8.95. The topological polar surface area (TPSA) is 53.9 Å². The molecule has 29 heavy (non-hydrogen) atoms. The molecule has 3 rings (SSSR count). The van der Waals surface area contributed by atoms with E-state index in [0.29, 0.717) is 28.8 Å². The van der Waals surface area contributed by atoms with E-state index in [4.69, 9.17) is 69.6 Å². The SMILES string of the molecule is CN1CCC(CNc2nc(-c3ccc(C(Cl)(Cl)Cl)cc3)nc(C(Cl)(Cl)Cl)n2)CC1. The monoisotopic (exact) mass is 515 g/mol. The summed E-state index contributed by atoms with van der Waals surface area (Å²) in [7, 11) is 2.13. The molecule has 0 spiro atoms. The van der Waals surface area contributed by atoms with Gasteiger partial charge in [0.1, 0.15) is 0 Å². The highest BCUT2D eigenvalue weighted by Crippen LogP contribution is 2.39. The van der Waals surface area contributed by atoms with Gasteiger partial charge in [0.2, 0.25) is 13.5 Å². The Kier molecular flexibility index (Phi) is 7.64. The Bertz CT molecular complexity index is 826. The van der Waals surface area contributed by atoms with Crippen LogP contribution in [0.2, 0.25) is 0 Å². The molecule has 2 aromatic rings. The summed E-state index contributed by atoms with van der Waals surface area (Å²) in [5, 5.41) is 3.27. The Labute approximate surface area is 200 Å². The van der Waals surface area contributed by atoms with Crippen LogP contribution in [0.1, 0.15) is 24.2 Å². The van der Waals surface area contributed by atoms with Crippen LogP contribution >= 0.6 is 69.6 Å². The van der Waals surface area contributed by atoms with Crippen molar-refractivity contribution in [1.82, 2.24) is 19.9 Å². The number of aromatic nitrogens is 3. The summed E-state index contributed by atoms with van der Waals surface area (Å²) in [5.41, 5.74) is 1.21. The largest absolute Gasteiger partial charge is 0.354 e. The van der Waals surface area contributed by atoms with E-state index in [1.807, 2.05) is 0 Å². The van der Waals surface area contributed by atoms with Crippen molar-refractivity contribution < 1.29 is 0 Å². The quantitative estimate of drug-likeness (QED) is 0.508. The second-order valence-corrected chi connectivity index (χ2v) is 11.6. The van der Waals surface area contributed by atoms with Gasteiger partial charge in [0, 0.05) is 17.7 Å². The van der Waals surface area contributed by atoms with Crippen LogP contribution in [-0.2, 0) is 7.59 Å². The number of hydrogen-bond acceptors (Lipinski definition) is 5. The van der Waals surface area contributed by atoms with Gasteiger partial charge in [-0.2, -0.15) is 9.97 Å². The minimum Gasteiger partial charge on any atom is -0.354 e. The molecule has 1 saturated heterocycles. The number of nitrogens with zero attached hydrogens (tertiary/aromatic N) is 4.